The monoisotopic (exact) mass is 439 g/mol. The predicted molar refractivity (Wildman–Crippen MR) is 110 cm³/mol. The molecule has 0 radical (unpaired) electrons. The fourth-order valence-corrected chi connectivity index (χ4v) is 6.08. The van der Waals surface area contributed by atoms with Crippen molar-refractivity contribution in [1.29, 1.82) is 0 Å². The zero-order valence-electron chi connectivity index (χ0n) is 16.0. The van der Waals surface area contributed by atoms with Crippen LogP contribution in [0.2, 0.25) is 5.02 Å². The van der Waals surface area contributed by atoms with E-state index in [1.807, 2.05) is 0 Å². The number of nitrogens with zero attached hydrogens (tertiary/aromatic N) is 1. The Labute approximate surface area is 174 Å². The van der Waals surface area contributed by atoms with Crippen molar-refractivity contribution < 1.29 is 28.4 Å². The average Bonchev–Trinajstić information content (AvgIpc) is 2.69. The summed E-state index contributed by atoms with van der Waals surface area (Å²) in [5.41, 5.74) is -0.341. The maximum absolute atomic E-state index is 13.1. The molecule has 2 fully saturated rings. The van der Waals surface area contributed by atoms with Gasteiger partial charge < -0.3 is 9.84 Å². The minimum atomic E-state index is -2.62. The first-order valence-electron chi connectivity index (χ1n) is 9.41. The van der Waals surface area contributed by atoms with Crippen LogP contribution >= 0.6 is 11.6 Å². The Hall–Kier alpha value is -2.19. The number of halogens is 1. The molecule has 1 aliphatic heterocycles. The van der Waals surface area contributed by atoms with Crippen molar-refractivity contribution >= 4 is 50.3 Å². The third-order valence-corrected chi connectivity index (χ3v) is 7.81. The molecule has 0 aromatic heterocycles. The summed E-state index contributed by atoms with van der Waals surface area (Å²) >= 11 is 6.46. The van der Waals surface area contributed by atoms with E-state index in [1.54, 1.807) is 0 Å². The molecule has 9 heteroatoms. The van der Waals surface area contributed by atoms with E-state index < -0.39 is 33.0 Å². The highest BCUT2D eigenvalue weighted by Crippen LogP contribution is 2.39. The van der Waals surface area contributed by atoms with Crippen molar-refractivity contribution in [1.82, 2.24) is 0 Å². The van der Waals surface area contributed by atoms with Crippen molar-refractivity contribution in [3.05, 3.63) is 33.9 Å². The maximum Gasteiger partial charge on any atom is 0.340 e. The molecular weight excluding hydrogens is 418 g/mol. The molecule has 1 heterocycles. The van der Waals surface area contributed by atoms with Crippen LogP contribution in [0, 0.1) is 0 Å². The SMILES string of the molecule is COC(=O)c1ccc(C(O)=C2C(=O)CCCC2=O)c(Cl)c1N=S1(=O)CCCCC1. The second kappa shape index (κ2) is 8.67. The molecule has 1 N–H and O–H groups in total. The predicted octanol–water partition coefficient (Wildman–Crippen LogP) is 4.00. The number of hydrogen-bond donors (Lipinski definition) is 1. The lowest BCUT2D eigenvalue weighted by atomic mass is 9.89. The fourth-order valence-electron chi connectivity index (χ4n) is 3.52. The summed E-state index contributed by atoms with van der Waals surface area (Å²) in [5, 5.41) is 10.5. The zero-order chi connectivity index (χ0) is 21.2. The summed E-state index contributed by atoms with van der Waals surface area (Å²) in [6.45, 7) is 0. The number of aliphatic hydroxyl groups excluding tert-OH is 1. The number of carbonyl (C=O) groups excluding carboxylic acids is 3. The van der Waals surface area contributed by atoms with Crippen LogP contribution < -0.4 is 0 Å². The number of methoxy groups -OCH3 is 1. The van der Waals surface area contributed by atoms with Crippen LogP contribution in [0.4, 0.5) is 5.69 Å². The van der Waals surface area contributed by atoms with Crippen LogP contribution in [-0.4, -0.2) is 45.5 Å². The topological polar surface area (TPSA) is 110 Å². The van der Waals surface area contributed by atoms with Gasteiger partial charge in [-0.1, -0.05) is 18.0 Å². The number of carbonyl (C=O) groups is 3. The molecule has 0 bridgehead atoms. The Morgan fingerprint density at radius 1 is 1.07 bits per heavy atom. The molecule has 7 nitrogen and oxygen atoms in total. The summed E-state index contributed by atoms with van der Waals surface area (Å²) in [4.78, 5) is 36.6. The van der Waals surface area contributed by atoms with Crippen LogP contribution in [0.15, 0.2) is 22.1 Å². The quantitative estimate of drug-likeness (QED) is 0.330. The van der Waals surface area contributed by atoms with Gasteiger partial charge in [0.25, 0.3) is 0 Å². The van der Waals surface area contributed by atoms with E-state index in [4.69, 9.17) is 16.3 Å². The van der Waals surface area contributed by atoms with E-state index in [0.717, 1.165) is 19.3 Å². The minimum absolute atomic E-state index is 0.00419. The minimum Gasteiger partial charge on any atom is -0.506 e. The number of hydrogen-bond acceptors (Lipinski definition) is 7. The Balaban J connectivity index is 2.23. The third kappa shape index (κ3) is 4.38. The van der Waals surface area contributed by atoms with Gasteiger partial charge in [0.05, 0.1) is 27.4 Å². The summed E-state index contributed by atoms with van der Waals surface area (Å²) < 4.78 is 22.2. The number of esters is 1. The summed E-state index contributed by atoms with van der Waals surface area (Å²) in [6, 6.07) is 2.67. The first kappa shape index (κ1) is 21.5. The summed E-state index contributed by atoms with van der Waals surface area (Å²) in [6.07, 6.45) is 3.23. The summed E-state index contributed by atoms with van der Waals surface area (Å²) in [7, 11) is -1.42. The Morgan fingerprint density at radius 2 is 1.66 bits per heavy atom. The smallest absolute Gasteiger partial charge is 0.340 e. The van der Waals surface area contributed by atoms with Crippen molar-refractivity contribution in [2.24, 2.45) is 4.36 Å². The fraction of sp³-hybridized carbons (Fsp3) is 0.450. The van der Waals surface area contributed by atoms with E-state index in [0.29, 0.717) is 17.9 Å². The lowest BCUT2D eigenvalue weighted by Gasteiger charge is -2.18. The molecule has 1 aromatic rings. The first-order chi connectivity index (χ1) is 13.8. The Morgan fingerprint density at radius 3 is 2.24 bits per heavy atom. The second-order valence-electron chi connectivity index (χ2n) is 7.07. The van der Waals surface area contributed by atoms with Crippen molar-refractivity contribution in [2.75, 3.05) is 18.6 Å². The van der Waals surface area contributed by atoms with Crippen LogP contribution in [0.3, 0.4) is 0 Å². The van der Waals surface area contributed by atoms with Gasteiger partial charge in [-0.05, 0) is 31.4 Å². The molecule has 3 rings (SSSR count). The van der Waals surface area contributed by atoms with Gasteiger partial charge in [0.15, 0.2) is 11.6 Å². The number of rotatable bonds is 3. The standard InChI is InChI=1S/C20H22ClNO6S/c1-28-20(26)13-9-8-12(19(25)16-14(23)6-5-7-15(16)24)17(21)18(13)22-29(27)10-3-2-4-11-29/h8-9,25H,2-7,10-11H2,1H3. The van der Waals surface area contributed by atoms with Crippen LogP contribution in [0.1, 0.15) is 54.4 Å². The molecule has 1 aromatic carbocycles. The average molecular weight is 440 g/mol. The van der Waals surface area contributed by atoms with Gasteiger partial charge in [-0.2, -0.15) is 4.36 Å². The molecule has 0 spiro atoms. The van der Waals surface area contributed by atoms with Gasteiger partial charge in [-0.25, -0.2) is 9.00 Å². The number of Topliss-reactive ketones (excluding diaryl/α,β-unsaturated/α-hetero) is 2. The number of ketones is 2. The highest BCUT2D eigenvalue weighted by Gasteiger charge is 2.30. The zero-order valence-corrected chi connectivity index (χ0v) is 17.6. The van der Waals surface area contributed by atoms with E-state index in [2.05, 4.69) is 4.36 Å². The molecule has 156 valence electrons. The van der Waals surface area contributed by atoms with E-state index in [1.165, 1.54) is 19.2 Å². The largest absolute Gasteiger partial charge is 0.506 e. The Bertz CT molecular complexity index is 1010. The van der Waals surface area contributed by atoms with E-state index >= 15 is 0 Å². The van der Waals surface area contributed by atoms with Gasteiger partial charge in [0.1, 0.15) is 17.0 Å². The molecule has 0 atom stereocenters. The van der Waals surface area contributed by atoms with Gasteiger partial charge >= 0.3 is 5.97 Å². The third-order valence-electron chi connectivity index (χ3n) is 5.06. The van der Waals surface area contributed by atoms with Gasteiger partial charge in [0, 0.05) is 29.9 Å². The highest BCUT2D eigenvalue weighted by atomic mass is 35.5. The lowest BCUT2D eigenvalue weighted by molar-refractivity contribution is -0.123. The first-order valence-corrected chi connectivity index (χ1v) is 11.6. The summed E-state index contributed by atoms with van der Waals surface area (Å²) in [5.74, 6) is -1.40. The number of ether oxygens (including phenoxy) is 1. The van der Waals surface area contributed by atoms with E-state index in [9.17, 15) is 23.7 Å². The van der Waals surface area contributed by atoms with Gasteiger partial charge in [0.2, 0.25) is 0 Å². The molecule has 29 heavy (non-hydrogen) atoms. The van der Waals surface area contributed by atoms with Crippen molar-refractivity contribution in [3.8, 4) is 0 Å². The molecular formula is C20H22ClNO6S. The number of aliphatic hydroxyl groups is 1. The molecule has 0 amide bonds. The Kier molecular flexibility index (Phi) is 6.43. The second-order valence-corrected chi connectivity index (χ2v) is 9.99. The normalized spacial score (nSPS) is 19.0. The molecule has 1 saturated heterocycles. The van der Waals surface area contributed by atoms with Crippen LogP contribution in [0.5, 0.6) is 0 Å². The lowest BCUT2D eigenvalue weighted by Crippen LogP contribution is -2.20. The molecule has 0 unspecified atom stereocenters. The van der Waals surface area contributed by atoms with Gasteiger partial charge in [-0.3, -0.25) is 9.59 Å². The molecule has 2 aliphatic rings. The molecule has 1 aliphatic carbocycles. The van der Waals surface area contributed by atoms with Crippen molar-refractivity contribution in [3.63, 3.8) is 0 Å². The van der Waals surface area contributed by atoms with Crippen LogP contribution in [-0.2, 0) is 24.1 Å². The number of allylic oxidation sites excluding steroid dienone is 1. The van der Waals surface area contributed by atoms with Crippen LogP contribution in [0.25, 0.3) is 5.76 Å². The van der Waals surface area contributed by atoms with E-state index in [-0.39, 0.29) is 40.3 Å². The maximum atomic E-state index is 13.1. The van der Waals surface area contributed by atoms with Gasteiger partial charge in [-0.15, -0.1) is 0 Å². The number of benzene rings is 1. The highest BCUT2D eigenvalue weighted by molar-refractivity contribution is 7.93. The van der Waals surface area contributed by atoms with Crippen molar-refractivity contribution in [2.45, 2.75) is 38.5 Å². The molecule has 1 saturated carbocycles.